The molecule has 0 saturated heterocycles. The van der Waals surface area contributed by atoms with Crippen molar-refractivity contribution in [2.45, 2.75) is 12.5 Å². The molecule has 1 atom stereocenters. The van der Waals surface area contributed by atoms with E-state index in [1.165, 1.54) is 12.1 Å². The lowest BCUT2D eigenvalue weighted by molar-refractivity contribution is 0.0610. The fourth-order valence-corrected chi connectivity index (χ4v) is 1.82. The monoisotopic (exact) mass is 319 g/mol. The summed E-state index contributed by atoms with van der Waals surface area (Å²) in [6.07, 6.45) is -0.688. The van der Waals surface area contributed by atoms with Crippen LogP contribution < -0.4 is 9.47 Å². The Bertz CT molecular complexity index is 683. The molecule has 1 N–H and O–H groups in total. The van der Waals surface area contributed by atoms with Crippen LogP contribution in [0.3, 0.4) is 0 Å². The van der Waals surface area contributed by atoms with Crippen LogP contribution in [0.15, 0.2) is 42.5 Å². The molecule has 4 nitrogen and oxygen atoms in total. The van der Waals surface area contributed by atoms with Gasteiger partial charge in [-0.3, -0.25) is 0 Å². The van der Waals surface area contributed by atoms with Crippen molar-refractivity contribution in [1.29, 1.82) is 5.26 Å². The third-order valence-corrected chi connectivity index (χ3v) is 3.00. The molecule has 120 valence electrons. The van der Waals surface area contributed by atoms with E-state index < -0.39 is 17.7 Å². The third-order valence-electron chi connectivity index (χ3n) is 3.00. The van der Waals surface area contributed by atoms with E-state index in [1.54, 1.807) is 24.3 Å². The zero-order valence-electron chi connectivity index (χ0n) is 12.2. The number of nitrogens with zero attached hydrogens (tertiary/aromatic N) is 1. The second-order valence-electron chi connectivity index (χ2n) is 4.81. The van der Waals surface area contributed by atoms with Gasteiger partial charge in [0.05, 0.1) is 12.5 Å². The Hall–Kier alpha value is -2.65. The van der Waals surface area contributed by atoms with Crippen molar-refractivity contribution in [2.75, 3.05) is 13.2 Å². The predicted molar refractivity (Wildman–Crippen MR) is 79.1 cm³/mol. The first-order valence-corrected chi connectivity index (χ1v) is 6.93. The van der Waals surface area contributed by atoms with Crippen LogP contribution in [0.2, 0.25) is 0 Å². The van der Waals surface area contributed by atoms with Gasteiger partial charge in [0, 0.05) is 0 Å². The van der Waals surface area contributed by atoms with E-state index >= 15 is 0 Å². The summed E-state index contributed by atoms with van der Waals surface area (Å²) in [5.41, 5.74) is 0.866. The van der Waals surface area contributed by atoms with Gasteiger partial charge in [-0.15, -0.1) is 0 Å². The lowest BCUT2D eigenvalue weighted by Crippen LogP contribution is -2.25. The van der Waals surface area contributed by atoms with E-state index in [0.29, 0.717) is 12.2 Å². The van der Waals surface area contributed by atoms with Gasteiger partial charge in [0.25, 0.3) is 0 Å². The fourth-order valence-electron chi connectivity index (χ4n) is 1.82. The number of aliphatic hydroxyl groups excluding tert-OH is 1. The molecule has 0 fully saturated rings. The number of halogens is 2. The van der Waals surface area contributed by atoms with Gasteiger partial charge in [-0.1, -0.05) is 18.2 Å². The highest BCUT2D eigenvalue weighted by atomic mass is 19.2. The van der Waals surface area contributed by atoms with Crippen molar-refractivity contribution < 1.29 is 23.4 Å². The lowest BCUT2D eigenvalue weighted by atomic mass is 10.2. The third kappa shape index (κ3) is 4.94. The summed E-state index contributed by atoms with van der Waals surface area (Å²) in [4.78, 5) is 0. The maximum absolute atomic E-state index is 13.4. The van der Waals surface area contributed by atoms with E-state index in [9.17, 15) is 13.9 Å². The zero-order chi connectivity index (χ0) is 16.7. The topological polar surface area (TPSA) is 62.5 Å². The van der Waals surface area contributed by atoms with Crippen molar-refractivity contribution in [3.05, 3.63) is 59.7 Å². The number of benzene rings is 2. The standard InChI is InChI=1S/C17H15F2NO3/c18-15-2-1-3-16(17(15)19)23-11-13(21)10-22-14-6-4-12(5-7-14)8-9-20/h1-7,13,21H,8,10-11H2. The second-order valence-corrected chi connectivity index (χ2v) is 4.81. The zero-order valence-corrected chi connectivity index (χ0v) is 12.2. The molecule has 2 aromatic rings. The molecule has 0 aliphatic heterocycles. The second kappa shape index (κ2) is 8.11. The van der Waals surface area contributed by atoms with Gasteiger partial charge >= 0.3 is 0 Å². The van der Waals surface area contributed by atoms with Crippen LogP contribution in [0, 0.1) is 23.0 Å². The van der Waals surface area contributed by atoms with Crippen molar-refractivity contribution in [1.82, 2.24) is 0 Å². The molecule has 0 bridgehead atoms. The summed E-state index contributed by atoms with van der Waals surface area (Å²) in [6, 6.07) is 12.5. The minimum Gasteiger partial charge on any atom is -0.491 e. The number of rotatable bonds is 7. The first kappa shape index (κ1) is 16.7. The highest BCUT2D eigenvalue weighted by Gasteiger charge is 2.12. The molecule has 0 aliphatic rings. The minimum absolute atomic E-state index is 0.0610. The van der Waals surface area contributed by atoms with Crippen LogP contribution in [0.5, 0.6) is 11.5 Å². The molecule has 0 aliphatic carbocycles. The molecule has 2 aromatic carbocycles. The first-order valence-electron chi connectivity index (χ1n) is 6.93. The van der Waals surface area contributed by atoms with Gasteiger partial charge in [-0.25, -0.2) is 4.39 Å². The minimum atomic E-state index is -1.09. The molecule has 0 spiro atoms. The predicted octanol–water partition coefficient (Wildman–Crippen LogP) is 2.85. The van der Waals surface area contributed by atoms with E-state index in [1.807, 2.05) is 6.07 Å². The van der Waals surface area contributed by atoms with Crippen LogP contribution >= 0.6 is 0 Å². The summed E-state index contributed by atoms with van der Waals surface area (Å²) in [6.45, 7) is -0.290. The number of hydrogen-bond acceptors (Lipinski definition) is 4. The summed E-state index contributed by atoms with van der Waals surface area (Å²) in [5.74, 6) is -1.83. The van der Waals surface area contributed by atoms with Crippen molar-refractivity contribution in [2.24, 2.45) is 0 Å². The Balaban J connectivity index is 1.80. The van der Waals surface area contributed by atoms with E-state index in [-0.39, 0.29) is 19.0 Å². The molecule has 2 rings (SSSR count). The van der Waals surface area contributed by atoms with Crippen LogP contribution in [0.25, 0.3) is 0 Å². The van der Waals surface area contributed by atoms with Gasteiger partial charge < -0.3 is 14.6 Å². The van der Waals surface area contributed by atoms with Gasteiger partial charge in [0.1, 0.15) is 25.1 Å². The summed E-state index contributed by atoms with van der Waals surface area (Å²) < 4.78 is 36.8. The molecule has 0 heterocycles. The highest BCUT2D eigenvalue weighted by Crippen LogP contribution is 2.19. The summed E-state index contributed by atoms with van der Waals surface area (Å²) in [5, 5.41) is 18.3. The van der Waals surface area contributed by atoms with Crippen molar-refractivity contribution >= 4 is 0 Å². The van der Waals surface area contributed by atoms with Crippen molar-refractivity contribution in [3.8, 4) is 17.6 Å². The Labute approximate surface area is 132 Å². The van der Waals surface area contributed by atoms with E-state index in [0.717, 1.165) is 11.6 Å². The van der Waals surface area contributed by atoms with Crippen LogP contribution in [-0.2, 0) is 6.42 Å². The fraction of sp³-hybridized carbons (Fsp3) is 0.235. The van der Waals surface area contributed by atoms with E-state index in [2.05, 4.69) is 0 Å². The summed E-state index contributed by atoms with van der Waals surface area (Å²) in [7, 11) is 0. The maximum Gasteiger partial charge on any atom is 0.200 e. The average molecular weight is 319 g/mol. The molecule has 0 radical (unpaired) electrons. The normalized spacial score (nSPS) is 11.6. The molecule has 0 saturated carbocycles. The molecule has 6 heteroatoms. The SMILES string of the molecule is N#CCc1ccc(OCC(O)COc2cccc(F)c2F)cc1. The van der Waals surface area contributed by atoms with Crippen LogP contribution in [0.4, 0.5) is 8.78 Å². The Kier molecular flexibility index (Phi) is 5.89. The largest absolute Gasteiger partial charge is 0.491 e. The Morgan fingerprint density at radius 3 is 2.43 bits per heavy atom. The number of hydrogen-bond donors (Lipinski definition) is 1. The Morgan fingerprint density at radius 2 is 1.74 bits per heavy atom. The lowest BCUT2D eigenvalue weighted by Gasteiger charge is -2.14. The first-order chi connectivity index (χ1) is 11.1. The van der Waals surface area contributed by atoms with Crippen molar-refractivity contribution in [3.63, 3.8) is 0 Å². The average Bonchev–Trinajstić information content (AvgIpc) is 2.56. The smallest absolute Gasteiger partial charge is 0.200 e. The van der Waals surface area contributed by atoms with Gasteiger partial charge in [-0.2, -0.15) is 9.65 Å². The number of nitriles is 1. The quantitative estimate of drug-likeness (QED) is 0.852. The molecule has 23 heavy (non-hydrogen) atoms. The van der Waals surface area contributed by atoms with Gasteiger partial charge in [0.15, 0.2) is 11.6 Å². The summed E-state index contributed by atoms with van der Waals surface area (Å²) >= 11 is 0. The molecular formula is C17H15F2NO3. The maximum atomic E-state index is 13.4. The van der Waals surface area contributed by atoms with Crippen LogP contribution in [-0.4, -0.2) is 24.4 Å². The molecular weight excluding hydrogens is 304 g/mol. The Morgan fingerprint density at radius 1 is 1.04 bits per heavy atom. The molecule has 1 unspecified atom stereocenters. The molecule has 0 aromatic heterocycles. The number of aliphatic hydroxyl groups is 1. The van der Waals surface area contributed by atoms with Gasteiger partial charge in [-0.05, 0) is 29.8 Å². The number of ether oxygens (including phenoxy) is 2. The highest BCUT2D eigenvalue weighted by molar-refractivity contribution is 5.28. The van der Waals surface area contributed by atoms with E-state index in [4.69, 9.17) is 14.7 Å². The van der Waals surface area contributed by atoms with Crippen LogP contribution in [0.1, 0.15) is 5.56 Å². The molecule has 0 amide bonds. The van der Waals surface area contributed by atoms with Gasteiger partial charge in [0.2, 0.25) is 5.82 Å².